The maximum atomic E-state index is 11.2. The summed E-state index contributed by atoms with van der Waals surface area (Å²) in [6.07, 6.45) is 8.61. The summed E-state index contributed by atoms with van der Waals surface area (Å²) in [5.41, 5.74) is 1.90. The molecule has 0 aliphatic heterocycles. The molecule has 4 fully saturated rings. The van der Waals surface area contributed by atoms with Crippen molar-refractivity contribution in [2.24, 2.45) is 17.8 Å². The first-order valence-corrected chi connectivity index (χ1v) is 7.01. The van der Waals surface area contributed by atoms with Gasteiger partial charge < -0.3 is 5.11 Å². The van der Waals surface area contributed by atoms with Gasteiger partial charge in [0, 0.05) is 0 Å². The standard InChI is InChI=1S/C16H20O/c17-15-3-1-14(2-4-15)16-8-11-5-12(9-16)7-13(6-11)10-16/h1-4,11-13,17H,5-10H2/p-1. The van der Waals surface area contributed by atoms with Crippen LogP contribution >= 0.6 is 0 Å². The largest absolute Gasteiger partial charge is 0.872 e. The van der Waals surface area contributed by atoms with E-state index in [2.05, 4.69) is 12.1 Å². The molecule has 0 saturated heterocycles. The summed E-state index contributed by atoms with van der Waals surface area (Å²) in [6, 6.07) is 7.73. The Bertz CT molecular complexity index is 396. The maximum Gasteiger partial charge on any atom is -0.00391 e. The second-order valence-corrected chi connectivity index (χ2v) is 6.72. The van der Waals surface area contributed by atoms with Crippen molar-refractivity contribution in [3.8, 4) is 5.75 Å². The fourth-order valence-electron chi connectivity index (χ4n) is 5.27. The van der Waals surface area contributed by atoms with Crippen LogP contribution in [-0.2, 0) is 5.41 Å². The van der Waals surface area contributed by atoms with Crippen LogP contribution in [-0.4, -0.2) is 0 Å². The Labute approximate surface area is 103 Å². The van der Waals surface area contributed by atoms with Crippen molar-refractivity contribution in [3.05, 3.63) is 29.8 Å². The number of rotatable bonds is 1. The van der Waals surface area contributed by atoms with Gasteiger partial charge in [0.2, 0.25) is 0 Å². The molecule has 0 amide bonds. The molecule has 0 unspecified atom stereocenters. The van der Waals surface area contributed by atoms with Crippen molar-refractivity contribution in [2.45, 2.75) is 43.9 Å². The molecule has 4 saturated carbocycles. The molecule has 0 N–H and O–H groups in total. The predicted octanol–water partition coefficient (Wildman–Crippen LogP) is 3.23. The third kappa shape index (κ3) is 1.44. The second kappa shape index (κ2) is 3.28. The Hall–Kier alpha value is -0.980. The van der Waals surface area contributed by atoms with Gasteiger partial charge in [-0.2, -0.15) is 0 Å². The third-order valence-corrected chi connectivity index (χ3v) is 5.50. The molecule has 0 heterocycles. The van der Waals surface area contributed by atoms with Gasteiger partial charge in [0.05, 0.1) is 0 Å². The lowest BCUT2D eigenvalue weighted by Gasteiger charge is -2.57. The smallest absolute Gasteiger partial charge is 0.00391 e. The molecule has 0 radical (unpaired) electrons. The van der Waals surface area contributed by atoms with Crippen LogP contribution in [0.2, 0.25) is 0 Å². The van der Waals surface area contributed by atoms with E-state index < -0.39 is 0 Å². The Morgan fingerprint density at radius 2 is 1.29 bits per heavy atom. The van der Waals surface area contributed by atoms with E-state index in [0.29, 0.717) is 5.41 Å². The van der Waals surface area contributed by atoms with Gasteiger partial charge in [0.25, 0.3) is 0 Å². The Morgan fingerprint density at radius 3 is 1.76 bits per heavy atom. The number of hydrogen-bond acceptors (Lipinski definition) is 1. The first-order chi connectivity index (χ1) is 8.23. The molecule has 1 heteroatoms. The minimum absolute atomic E-state index is 0.151. The second-order valence-electron chi connectivity index (χ2n) is 6.72. The molecule has 0 atom stereocenters. The van der Waals surface area contributed by atoms with Crippen molar-refractivity contribution in [2.75, 3.05) is 0 Å². The van der Waals surface area contributed by atoms with Crippen molar-refractivity contribution in [1.29, 1.82) is 0 Å². The number of hydrogen-bond donors (Lipinski definition) is 0. The van der Waals surface area contributed by atoms with E-state index in [1.807, 2.05) is 0 Å². The fourth-order valence-corrected chi connectivity index (χ4v) is 5.27. The highest BCUT2D eigenvalue weighted by molar-refractivity contribution is 5.33. The van der Waals surface area contributed by atoms with E-state index in [0.717, 1.165) is 17.8 Å². The summed E-state index contributed by atoms with van der Waals surface area (Å²) < 4.78 is 0. The zero-order chi connectivity index (χ0) is 11.5. The van der Waals surface area contributed by atoms with Crippen LogP contribution in [0.1, 0.15) is 44.1 Å². The van der Waals surface area contributed by atoms with Crippen LogP contribution in [0.5, 0.6) is 5.75 Å². The van der Waals surface area contributed by atoms with Crippen LogP contribution < -0.4 is 5.11 Å². The number of benzene rings is 1. The lowest BCUT2D eigenvalue weighted by Crippen LogP contribution is -2.48. The monoisotopic (exact) mass is 227 g/mol. The molecule has 1 nitrogen and oxygen atoms in total. The van der Waals surface area contributed by atoms with Crippen molar-refractivity contribution >= 4 is 0 Å². The van der Waals surface area contributed by atoms with Crippen molar-refractivity contribution in [1.82, 2.24) is 0 Å². The minimum Gasteiger partial charge on any atom is -0.872 e. The van der Waals surface area contributed by atoms with Gasteiger partial charge >= 0.3 is 0 Å². The molecular formula is C16H19O-. The molecule has 0 aromatic heterocycles. The van der Waals surface area contributed by atoms with Crippen LogP contribution in [0, 0.1) is 17.8 Å². The molecule has 1 aromatic carbocycles. The van der Waals surface area contributed by atoms with Gasteiger partial charge in [0.1, 0.15) is 0 Å². The first-order valence-electron chi connectivity index (χ1n) is 7.01. The molecule has 4 aliphatic carbocycles. The molecule has 4 bridgehead atoms. The summed E-state index contributed by atoms with van der Waals surface area (Å²) in [7, 11) is 0. The van der Waals surface area contributed by atoms with Crippen LogP contribution in [0.3, 0.4) is 0 Å². The SMILES string of the molecule is [O-]c1ccc(C23CC4CC(CC(C4)C2)C3)cc1. The van der Waals surface area contributed by atoms with E-state index in [1.165, 1.54) is 44.1 Å². The normalized spacial score (nSPS) is 42.9. The minimum atomic E-state index is 0.151. The highest BCUT2D eigenvalue weighted by atomic mass is 16.3. The van der Waals surface area contributed by atoms with E-state index >= 15 is 0 Å². The molecule has 90 valence electrons. The van der Waals surface area contributed by atoms with Gasteiger partial charge in [-0.3, -0.25) is 0 Å². The van der Waals surface area contributed by atoms with E-state index in [9.17, 15) is 5.11 Å². The third-order valence-electron chi connectivity index (χ3n) is 5.50. The molecule has 4 aliphatic rings. The highest BCUT2D eigenvalue weighted by Gasteiger charge is 2.51. The zero-order valence-corrected chi connectivity index (χ0v) is 10.2. The van der Waals surface area contributed by atoms with Crippen LogP contribution in [0.15, 0.2) is 24.3 Å². The molecular weight excluding hydrogens is 208 g/mol. The van der Waals surface area contributed by atoms with Gasteiger partial charge in [0.15, 0.2) is 0 Å². The van der Waals surface area contributed by atoms with Crippen LogP contribution in [0.25, 0.3) is 0 Å². The maximum absolute atomic E-state index is 11.2. The molecule has 0 spiro atoms. The van der Waals surface area contributed by atoms with Gasteiger partial charge in [-0.05, 0) is 67.3 Å². The highest BCUT2D eigenvalue weighted by Crippen LogP contribution is 2.60. The fraction of sp³-hybridized carbons (Fsp3) is 0.625. The van der Waals surface area contributed by atoms with Gasteiger partial charge in [-0.1, -0.05) is 24.3 Å². The molecule has 5 rings (SSSR count). The van der Waals surface area contributed by atoms with Crippen molar-refractivity contribution < 1.29 is 5.11 Å². The predicted molar refractivity (Wildman–Crippen MR) is 65.7 cm³/mol. The van der Waals surface area contributed by atoms with Gasteiger partial charge in [-0.15, -0.1) is 5.75 Å². The average Bonchev–Trinajstić information content (AvgIpc) is 2.27. The Kier molecular flexibility index (Phi) is 1.93. The van der Waals surface area contributed by atoms with E-state index in [-0.39, 0.29) is 5.75 Å². The first kappa shape index (κ1) is 9.99. The molecule has 1 aromatic rings. The average molecular weight is 227 g/mol. The van der Waals surface area contributed by atoms with Crippen LogP contribution in [0.4, 0.5) is 0 Å². The van der Waals surface area contributed by atoms with Crippen molar-refractivity contribution in [3.63, 3.8) is 0 Å². The summed E-state index contributed by atoms with van der Waals surface area (Å²) in [6.45, 7) is 0. The van der Waals surface area contributed by atoms with Gasteiger partial charge in [-0.25, -0.2) is 0 Å². The lowest BCUT2D eigenvalue weighted by molar-refractivity contribution is -0.268. The zero-order valence-electron chi connectivity index (χ0n) is 10.2. The summed E-state index contributed by atoms with van der Waals surface area (Å²) in [5, 5.41) is 11.2. The Morgan fingerprint density at radius 1 is 0.824 bits per heavy atom. The quantitative estimate of drug-likeness (QED) is 0.722. The summed E-state index contributed by atoms with van der Waals surface area (Å²) in [5.74, 6) is 3.09. The molecule has 17 heavy (non-hydrogen) atoms. The van der Waals surface area contributed by atoms with E-state index in [1.54, 1.807) is 12.1 Å². The topological polar surface area (TPSA) is 23.1 Å². The lowest BCUT2D eigenvalue weighted by atomic mass is 9.48. The Balaban J connectivity index is 1.74. The van der Waals surface area contributed by atoms with E-state index in [4.69, 9.17) is 0 Å². The summed E-state index contributed by atoms with van der Waals surface area (Å²) in [4.78, 5) is 0. The summed E-state index contributed by atoms with van der Waals surface area (Å²) >= 11 is 0.